The molecule has 0 atom stereocenters. The van der Waals surface area contributed by atoms with Crippen LogP contribution >= 0.6 is 0 Å². The molecular weight excluding hydrogens is 420 g/mol. The number of benzene rings is 3. The zero-order chi connectivity index (χ0) is 23.7. The number of nitriles is 1. The van der Waals surface area contributed by atoms with Crippen molar-refractivity contribution in [1.29, 1.82) is 5.26 Å². The smallest absolute Gasteiger partial charge is 0.280 e. The van der Waals surface area contributed by atoms with Gasteiger partial charge in [-0.2, -0.15) is 5.26 Å². The Labute approximate surface area is 198 Å². The first-order chi connectivity index (χ1) is 16.5. The van der Waals surface area contributed by atoms with Crippen molar-refractivity contribution >= 4 is 33.7 Å². The highest BCUT2D eigenvalue weighted by molar-refractivity contribution is 6.08. The largest absolute Gasteiger partial charge is 0.342 e. The summed E-state index contributed by atoms with van der Waals surface area (Å²) in [6, 6.07) is 28.7. The summed E-state index contributed by atoms with van der Waals surface area (Å²) in [5.74, 6) is -0.434. The number of aromatic nitrogens is 2. The van der Waals surface area contributed by atoms with Gasteiger partial charge in [-0.25, -0.2) is 0 Å². The topological polar surface area (TPSA) is 62.8 Å². The number of hydrogen-bond acceptors (Lipinski definition) is 2. The average molecular weight is 445 g/mol. The van der Waals surface area contributed by atoms with Crippen molar-refractivity contribution in [2.75, 3.05) is 5.43 Å². The molecule has 0 aliphatic carbocycles. The minimum atomic E-state index is -0.434. The first kappa shape index (κ1) is 21.3. The van der Waals surface area contributed by atoms with E-state index in [9.17, 15) is 10.1 Å². The van der Waals surface area contributed by atoms with E-state index in [1.807, 2.05) is 56.4 Å². The lowest BCUT2D eigenvalue weighted by Gasteiger charge is -2.10. The predicted octanol–water partition coefficient (Wildman–Crippen LogP) is 5.94. The molecule has 2 aromatic heterocycles. The fourth-order valence-electron chi connectivity index (χ4n) is 4.45. The quantitative estimate of drug-likeness (QED) is 0.269. The summed E-state index contributed by atoms with van der Waals surface area (Å²) in [5, 5.41) is 13.2. The number of carbonyl (C=O) groups is 1. The van der Waals surface area contributed by atoms with Gasteiger partial charge < -0.3 is 4.57 Å². The van der Waals surface area contributed by atoms with Gasteiger partial charge >= 0.3 is 0 Å². The maximum Gasteiger partial charge on any atom is 0.280 e. The van der Waals surface area contributed by atoms with E-state index in [0.29, 0.717) is 6.54 Å². The molecule has 5 rings (SSSR count). The van der Waals surface area contributed by atoms with Gasteiger partial charge in [0, 0.05) is 40.6 Å². The van der Waals surface area contributed by atoms with Crippen LogP contribution < -0.4 is 5.43 Å². The summed E-state index contributed by atoms with van der Waals surface area (Å²) < 4.78 is 3.87. The molecule has 0 bridgehead atoms. The summed E-state index contributed by atoms with van der Waals surface area (Å²) in [4.78, 5) is 12.9. The van der Waals surface area contributed by atoms with Crippen molar-refractivity contribution in [2.24, 2.45) is 0 Å². The van der Waals surface area contributed by atoms with Crippen LogP contribution in [0.1, 0.15) is 22.5 Å². The van der Waals surface area contributed by atoms with Crippen LogP contribution in [0, 0.1) is 25.2 Å². The summed E-state index contributed by atoms with van der Waals surface area (Å²) in [6.07, 6.45) is 3.69. The first-order valence-electron chi connectivity index (χ1n) is 11.2. The summed E-state index contributed by atoms with van der Waals surface area (Å²) in [7, 11) is 0. The normalized spacial score (nSPS) is 11.6. The van der Waals surface area contributed by atoms with Crippen LogP contribution in [0.4, 0.5) is 0 Å². The van der Waals surface area contributed by atoms with Crippen LogP contribution in [0.5, 0.6) is 0 Å². The molecule has 2 heterocycles. The Hall–Kier alpha value is -4.56. The van der Waals surface area contributed by atoms with E-state index in [2.05, 4.69) is 58.5 Å². The zero-order valence-electron chi connectivity index (χ0n) is 19.1. The third-order valence-electron chi connectivity index (χ3n) is 6.19. The number of amides is 1. The number of nitrogens with one attached hydrogen (secondary N) is 1. The van der Waals surface area contributed by atoms with E-state index in [0.717, 1.165) is 27.9 Å². The number of fused-ring (bicyclic) bond motifs is 2. The van der Waals surface area contributed by atoms with E-state index in [1.54, 1.807) is 10.8 Å². The fraction of sp³-hybridized carbons (Fsp3) is 0.103. The SMILES string of the molecule is Cc1ccc(C)n1NC(=O)/C(C#N)=C/c1cn(Cc2cccc3ccccc23)c2ccccc12. The Kier molecular flexibility index (Phi) is 5.49. The molecule has 0 aliphatic rings. The number of carbonyl (C=O) groups excluding carboxylic acids is 1. The molecule has 5 aromatic rings. The molecular formula is C29H24N4O. The standard InChI is InChI=1S/C29H24N4O/c1-20-14-15-21(2)33(20)31-29(34)24(17-30)16-25-19-32(28-13-6-5-12-27(25)28)18-23-10-7-9-22-8-3-4-11-26(22)23/h3-16,19H,18H2,1-2H3,(H,31,34)/b24-16+. The number of hydrogen-bond donors (Lipinski definition) is 1. The van der Waals surface area contributed by atoms with Crippen LogP contribution in [0.2, 0.25) is 0 Å². The van der Waals surface area contributed by atoms with Crippen molar-refractivity contribution in [1.82, 2.24) is 9.24 Å². The third kappa shape index (κ3) is 3.87. The number of aryl methyl sites for hydroxylation is 2. The highest BCUT2D eigenvalue weighted by atomic mass is 16.2. The van der Waals surface area contributed by atoms with Crippen LogP contribution in [0.25, 0.3) is 27.8 Å². The minimum Gasteiger partial charge on any atom is -0.342 e. The van der Waals surface area contributed by atoms with Gasteiger partial charge in [0.25, 0.3) is 5.91 Å². The lowest BCUT2D eigenvalue weighted by atomic mass is 10.0. The van der Waals surface area contributed by atoms with Crippen molar-refractivity contribution in [3.8, 4) is 6.07 Å². The van der Waals surface area contributed by atoms with Crippen LogP contribution in [-0.4, -0.2) is 15.2 Å². The summed E-state index contributed by atoms with van der Waals surface area (Å²) in [5.41, 5.74) is 7.78. The monoisotopic (exact) mass is 444 g/mol. The van der Waals surface area contributed by atoms with E-state index in [-0.39, 0.29) is 5.57 Å². The van der Waals surface area contributed by atoms with Gasteiger partial charge in [0.15, 0.2) is 0 Å². The van der Waals surface area contributed by atoms with Crippen molar-refractivity contribution < 1.29 is 4.79 Å². The fourth-order valence-corrected chi connectivity index (χ4v) is 4.45. The maximum atomic E-state index is 12.9. The van der Waals surface area contributed by atoms with Gasteiger partial charge in [-0.3, -0.25) is 14.9 Å². The van der Waals surface area contributed by atoms with Crippen molar-refractivity contribution in [3.05, 3.63) is 113 Å². The van der Waals surface area contributed by atoms with E-state index < -0.39 is 5.91 Å². The molecule has 1 amide bonds. The Morgan fingerprint density at radius 1 is 0.912 bits per heavy atom. The second-order valence-electron chi connectivity index (χ2n) is 8.43. The molecule has 166 valence electrons. The highest BCUT2D eigenvalue weighted by Gasteiger charge is 2.14. The minimum absolute atomic E-state index is 0.0561. The van der Waals surface area contributed by atoms with E-state index >= 15 is 0 Å². The maximum absolute atomic E-state index is 12.9. The second kappa shape index (κ2) is 8.76. The molecule has 0 aliphatic heterocycles. The van der Waals surface area contributed by atoms with Gasteiger partial charge in [0.05, 0.1) is 0 Å². The summed E-state index contributed by atoms with van der Waals surface area (Å²) in [6.45, 7) is 4.50. The Bertz CT molecular complexity index is 1590. The van der Waals surface area contributed by atoms with Gasteiger partial charge in [0.2, 0.25) is 0 Å². The summed E-state index contributed by atoms with van der Waals surface area (Å²) >= 11 is 0. The molecule has 0 fully saturated rings. The van der Waals surface area contributed by atoms with Crippen molar-refractivity contribution in [3.63, 3.8) is 0 Å². The number of para-hydroxylation sites is 1. The third-order valence-corrected chi connectivity index (χ3v) is 6.19. The lowest BCUT2D eigenvalue weighted by Crippen LogP contribution is -2.25. The van der Waals surface area contributed by atoms with Gasteiger partial charge in [0.1, 0.15) is 11.6 Å². The Morgan fingerprint density at radius 2 is 1.59 bits per heavy atom. The first-order valence-corrected chi connectivity index (χ1v) is 11.2. The van der Waals surface area contributed by atoms with Crippen LogP contribution in [0.3, 0.4) is 0 Å². The molecule has 34 heavy (non-hydrogen) atoms. The van der Waals surface area contributed by atoms with E-state index in [4.69, 9.17) is 0 Å². The molecule has 0 unspecified atom stereocenters. The lowest BCUT2D eigenvalue weighted by molar-refractivity contribution is -0.113. The molecule has 3 aromatic carbocycles. The van der Waals surface area contributed by atoms with Crippen LogP contribution in [0.15, 0.2) is 90.6 Å². The molecule has 5 nitrogen and oxygen atoms in total. The van der Waals surface area contributed by atoms with Gasteiger partial charge in [-0.1, -0.05) is 60.7 Å². The average Bonchev–Trinajstić information content (AvgIpc) is 3.37. The molecule has 1 N–H and O–H groups in total. The van der Waals surface area contributed by atoms with Gasteiger partial charge in [-0.15, -0.1) is 0 Å². The zero-order valence-corrected chi connectivity index (χ0v) is 19.1. The molecule has 5 heteroatoms. The van der Waals surface area contributed by atoms with Crippen molar-refractivity contribution in [2.45, 2.75) is 20.4 Å². The predicted molar refractivity (Wildman–Crippen MR) is 137 cm³/mol. The number of rotatable bonds is 5. The van der Waals surface area contributed by atoms with E-state index in [1.165, 1.54) is 16.3 Å². The molecule has 0 spiro atoms. The molecule has 0 saturated heterocycles. The highest BCUT2D eigenvalue weighted by Crippen LogP contribution is 2.26. The van der Waals surface area contributed by atoms with Crippen LogP contribution in [-0.2, 0) is 11.3 Å². The Morgan fingerprint density at radius 3 is 2.35 bits per heavy atom. The second-order valence-corrected chi connectivity index (χ2v) is 8.43. The molecule has 0 radical (unpaired) electrons. The molecule has 0 saturated carbocycles. The van der Waals surface area contributed by atoms with Gasteiger partial charge in [-0.05, 0) is 54.5 Å². The number of nitrogens with zero attached hydrogens (tertiary/aromatic N) is 3. The Balaban J connectivity index is 1.54.